The lowest BCUT2D eigenvalue weighted by Crippen LogP contribution is -2.36. The number of aliphatic hydroxyl groups excluding tert-OH is 1. The molecule has 0 amide bonds. The van der Waals surface area contributed by atoms with E-state index in [1.165, 1.54) is 18.2 Å². The van der Waals surface area contributed by atoms with Gasteiger partial charge >= 0.3 is 0 Å². The number of piperidine rings is 1. The maximum Gasteiger partial charge on any atom is 0.147 e. The molecule has 0 aliphatic carbocycles. The molecule has 0 bridgehead atoms. The van der Waals surface area contributed by atoms with Crippen LogP contribution in [-0.2, 0) is 6.61 Å². The Morgan fingerprint density at radius 2 is 1.81 bits per heavy atom. The Hall–Kier alpha value is -2.96. The van der Waals surface area contributed by atoms with Crippen LogP contribution in [0, 0.1) is 40.2 Å². The lowest BCUT2D eigenvalue weighted by Gasteiger charge is -2.35. The number of hydrogen-bond donors (Lipinski definition) is 1. The molecular formula is C21H19F2N3O. The summed E-state index contributed by atoms with van der Waals surface area (Å²) in [4.78, 5) is 1.91. The van der Waals surface area contributed by atoms with E-state index in [-0.39, 0.29) is 23.7 Å². The molecule has 2 aromatic rings. The molecule has 1 aliphatic rings. The van der Waals surface area contributed by atoms with Gasteiger partial charge in [0.25, 0.3) is 0 Å². The summed E-state index contributed by atoms with van der Waals surface area (Å²) in [5.74, 6) is -1.33. The predicted molar refractivity (Wildman–Crippen MR) is 96.7 cm³/mol. The minimum absolute atomic E-state index is 0.0482. The van der Waals surface area contributed by atoms with Crippen LogP contribution in [0.15, 0.2) is 36.4 Å². The molecule has 3 rings (SSSR count). The summed E-state index contributed by atoms with van der Waals surface area (Å²) in [6, 6.07) is 13.1. The highest BCUT2D eigenvalue weighted by Crippen LogP contribution is 2.35. The third kappa shape index (κ3) is 3.92. The third-order valence-electron chi connectivity index (χ3n) is 5.17. The van der Waals surface area contributed by atoms with Gasteiger partial charge in [0, 0.05) is 18.7 Å². The van der Waals surface area contributed by atoms with E-state index in [9.17, 15) is 14.0 Å². The summed E-state index contributed by atoms with van der Waals surface area (Å²) < 4.78 is 28.2. The Morgan fingerprint density at radius 1 is 1.07 bits per heavy atom. The van der Waals surface area contributed by atoms with E-state index in [1.807, 2.05) is 11.0 Å². The molecule has 0 aromatic heterocycles. The van der Waals surface area contributed by atoms with Gasteiger partial charge in [0.05, 0.1) is 35.9 Å². The van der Waals surface area contributed by atoms with Crippen molar-refractivity contribution in [2.75, 3.05) is 18.0 Å². The van der Waals surface area contributed by atoms with Gasteiger partial charge in [-0.1, -0.05) is 12.1 Å². The second-order valence-corrected chi connectivity index (χ2v) is 6.72. The largest absolute Gasteiger partial charge is 0.392 e. The number of nitrogens with zero attached hydrogens (tertiary/aromatic N) is 3. The van der Waals surface area contributed by atoms with Crippen LogP contribution in [-0.4, -0.2) is 18.2 Å². The standard InChI is InChI=1S/C21H19F2N3O/c22-19-10-16(2-3-17(19)13-27)18(12-25)15-5-7-26(8-6-15)21-4-1-14(11-24)9-20(21)23/h1-4,9-10,15,18,27H,5-8,13H2. The highest BCUT2D eigenvalue weighted by Gasteiger charge is 2.29. The van der Waals surface area contributed by atoms with Crippen LogP contribution in [0.4, 0.5) is 14.5 Å². The molecule has 0 saturated carbocycles. The first-order valence-electron chi connectivity index (χ1n) is 8.80. The van der Waals surface area contributed by atoms with Crippen molar-refractivity contribution < 1.29 is 13.9 Å². The molecule has 0 radical (unpaired) electrons. The highest BCUT2D eigenvalue weighted by atomic mass is 19.1. The van der Waals surface area contributed by atoms with E-state index in [2.05, 4.69) is 6.07 Å². The van der Waals surface area contributed by atoms with E-state index in [0.717, 1.165) is 0 Å². The minimum atomic E-state index is -0.507. The number of anilines is 1. The van der Waals surface area contributed by atoms with Gasteiger partial charge in [-0.2, -0.15) is 10.5 Å². The molecule has 27 heavy (non-hydrogen) atoms. The van der Waals surface area contributed by atoms with E-state index in [1.54, 1.807) is 18.2 Å². The lowest BCUT2D eigenvalue weighted by atomic mass is 9.80. The first kappa shape index (κ1) is 18.8. The van der Waals surface area contributed by atoms with Gasteiger partial charge in [-0.3, -0.25) is 0 Å². The molecule has 138 valence electrons. The second-order valence-electron chi connectivity index (χ2n) is 6.72. The zero-order valence-corrected chi connectivity index (χ0v) is 14.7. The topological polar surface area (TPSA) is 71.0 Å². The summed E-state index contributed by atoms with van der Waals surface area (Å²) in [5, 5.41) is 27.5. The lowest BCUT2D eigenvalue weighted by molar-refractivity contribution is 0.275. The van der Waals surface area contributed by atoms with Crippen LogP contribution in [0.5, 0.6) is 0 Å². The predicted octanol–water partition coefficient (Wildman–Crippen LogP) is 3.85. The molecule has 1 fully saturated rings. The van der Waals surface area contributed by atoms with Crippen molar-refractivity contribution in [3.8, 4) is 12.1 Å². The number of halogens is 2. The van der Waals surface area contributed by atoms with Crippen molar-refractivity contribution in [2.24, 2.45) is 5.92 Å². The maximum absolute atomic E-state index is 14.2. The van der Waals surface area contributed by atoms with Crippen LogP contribution >= 0.6 is 0 Å². The summed E-state index contributed by atoms with van der Waals surface area (Å²) in [7, 11) is 0. The first-order chi connectivity index (χ1) is 13.1. The van der Waals surface area contributed by atoms with E-state index in [0.29, 0.717) is 37.2 Å². The molecule has 1 unspecified atom stereocenters. The fourth-order valence-corrected chi connectivity index (χ4v) is 3.64. The second kappa shape index (κ2) is 8.16. The normalized spacial score (nSPS) is 15.8. The van der Waals surface area contributed by atoms with Gasteiger partial charge in [0.1, 0.15) is 11.6 Å². The number of nitriles is 2. The number of rotatable bonds is 4. The average Bonchev–Trinajstić information content (AvgIpc) is 2.69. The number of benzene rings is 2. The third-order valence-corrected chi connectivity index (χ3v) is 5.17. The van der Waals surface area contributed by atoms with Crippen LogP contribution < -0.4 is 4.90 Å². The van der Waals surface area contributed by atoms with Crippen LogP contribution in [0.25, 0.3) is 0 Å². The fourth-order valence-electron chi connectivity index (χ4n) is 3.64. The van der Waals surface area contributed by atoms with Crippen LogP contribution in [0.1, 0.15) is 35.4 Å². The monoisotopic (exact) mass is 367 g/mol. The van der Waals surface area contributed by atoms with Gasteiger partial charge in [-0.15, -0.1) is 0 Å². The Bertz CT molecular complexity index is 909. The Morgan fingerprint density at radius 3 is 2.37 bits per heavy atom. The maximum atomic E-state index is 14.2. The van der Waals surface area contributed by atoms with Crippen LogP contribution in [0.2, 0.25) is 0 Å². The molecule has 1 atom stereocenters. The molecule has 2 aromatic carbocycles. The zero-order chi connectivity index (χ0) is 19.4. The Kier molecular flexibility index (Phi) is 5.69. The SMILES string of the molecule is N#Cc1ccc(N2CCC(C(C#N)c3ccc(CO)c(F)c3)CC2)c(F)c1. The van der Waals surface area contributed by atoms with Crippen molar-refractivity contribution in [3.63, 3.8) is 0 Å². The highest BCUT2D eigenvalue weighted by molar-refractivity contribution is 5.51. The zero-order valence-electron chi connectivity index (χ0n) is 14.7. The van der Waals surface area contributed by atoms with Gasteiger partial charge < -0.3 is 10.0 Å². The van der Waals surface area contributed by atoms with Crippen molar-refractivity contribution >= 4 is 5.69 Å². The Balaban J connectivity index is 1.72. The molecule has 1 saturated heterocycles. The van der Waals surface area contributed by atoms with Gasteiger partial charge in [0.2, 0.25) is 0 Å². The molecule has 4 nitrogen and oxygen atoms in total. The molecule has 0 spiro atoms. The first-order valence-corrected chi connectivity index (χ1v) is 8.80. The smallest absolute Gasteiger partial charge is 0.147 e. The van der Waals surface area contributed by atoms with E-state index >= 15 is 0 Å². The van der Waals surface area contributed by atoms with E-state index < -0.39 is 17.6 Å². The van der Waals surface area contributed by atoms with E-state index in [4.69, 9.17) is 10.4 Å². The number of aliphatic hydroxyl groups is 1. The summed E-state index contributed by atoms with van der Waals surface area (Å²) >= 11 is 0. The summed E-state index contributed by atoms with van der Waals surface area (Å²) in [6.45, 7) is 0.795. The molecule has 1 aliphatic heterocycles. The number of hydrogen-bond acceptors (Lipinski definition) is 4. The Labute approximate surface area is 156 Å². The summed E-state index contributed by atoms with van der Waals surface area (Å²) in [6.07, 6.45) is 1.36. The van der Waals surface area contributed by atoms with Gasteiger partial charge in [-0.25, -0.2) is 8.78 Å². The molecule has 1 N–H and O–H groups in total. The van der Waals surface area contributed by atoms with Crippen molar-refractivity contribution in [1.29, 1.82) is 10.5 Å². The molecule has 1 heterocycles. The van der Waals surface area contributed by atoms with Crippen molar-refractivity contribution in [3.05, 3.63) is 64.7 Å². The van der Waals surface area contributed by atoms with Gasteiger partial charge in [-0.05, 0) is 48.6 Å². The quantitative estimate of drug-likeness (QED) is 0.891. The summed E-state index contributed by atoms with van der Waals surface area (Å²) in [5.41, 5.74) is 1.56. The average molecular weight is 367 g/mol. The van der Waals surface area contributed by atoms with Crippen LogP contribution in [0.3, 0.4) is 0 Å². The van der Waals surface area contributed by atoms with Crippen molar-refractivity contribution in [1.82, 2.24) is 0 Å². The minimum Gasteiger partial charge on any atom is -0.392 e. The van der Waals surface area contributed by atoms with Crippen molar-refractivity contribution in [2.45, 2.75) is 25.4 Å². The van der Waals surface area contributed by atoms with Gasteiger partial charge in [0.15, 0.2) is 0 Å². The fraction of sp³-hybridized carbons (Fsp3) is 0.333. The molecular weight excluding hydrogens is 348 g/mol. The molecule has 6 heteroatoms.